The second-order valence-electron chi connectivity index (χ2n) is 7.00. The fraction of sp³-hybridized carbons (Fsp3) is 0.650. The van der Waals surface area contributed by atoms with Gasteiger partial charge >= 0.3 is 0 Å². The van der Waals surface area contributed by atoms with E-state index in [1.54, 1.807) is 0 Å². The van der Waals surface area contributed by atoms with Gasteiger partial charge in [0, 0.05) is 56.8 Å². The average Bonchev–Trinajstić information content (AvgIpc) is 2.66. The first-order valence-corrected chi connectivity index (χ1v) is 10.5. The van der Waals surface area contributed by atoms with E-state index in [2.05, 4.69) is 88.0 Å². The molecule has 1 saturated heterocycles. The first-order valence-electron chi connectivity index (χ1n) is 9.73. The first kappa shape index (κ1) is 24.7. The van der Waals surface area contributed by atoms with Crippen molar-refractivity contribution in [2.24, 2.45) is 4.99 Å². The quantitative estimate of drug-likeness (QED) is 0.319. The molecule has 0 aromatic heterocycles. The van der Waals surface area contributed by atoms with Crippen molar-refractivity contribution in [2.45, 2.75) is 33.4 Å². The summed E-state index contributed by atoms with van der Waals surface area (Å²) in [6.45, 7) is 15.0. The van der Waals surface area contributed by atoms with Gasteiger partial charge in [-0.3, -0.25) is 9.89 Å². The summed E-state index contributed by atoms with van der Waals surface area (Å²) in [7, 11) is 2.11. The molecule has 0 saturated carbocycles. The van der Waals surface area contributed by atoms with Gasteiger partial charge in [0.1, 0.15) is 0 Å². The molecule has 1 aromatic carbocycles. The number of benzene rings is 1. The van der Waals surface area contributed by atoms with Gasteiger partial charge in [-0.05, 0) is 38.1 Å². The molecule has 2 rings (SSSR count). The van der Waals surface area contributed by atoms with Gasteiger partial charge in [0.05, 0.1) is 6.54 Å². The van der Waals surface area contributed by atoms with Crippen LogP contribution in [-0.2, 0) is 6.54 Å². The van der Waals surface area contributed by atoms with E-state index in [9.17, 15) is 0 Å². The fourth-order valence-corrected chi connectivity index (χ4v) is 3.53. The fourth-order valence-electron chi connectivity index (χ4n) is 3.26. The highest BCUT2D eigenvalue weighted by atomic mass is 127. The van der Waals surface area contributed by atoms with Crippen LogP contribution in [0.5, 0.6) is 0 Å². The summed E-state index contributed by atoms with van der Waals surface area (Å²) in [5.74, 6) is 0.981. The molecule has 0 aliphatic carbocycles. The summed E-state index contributed by atoms with van der Waals surface area (Å²) in [6, 6.07) is 8.96. The highest BCUT2D eigenvalue weighted by Crippen LogP contribution is 2.12. The van der Waals surface area contributed by atoms with E-state index < -0.39 is 0 Å². The average molecular weight is 552 g/mol. The highest BCUT2D eigenvalue weighted by Gasteiger charge is 2.20. The van der Waals surface area contributed by atoms with Gasteiger partial charge in [0.2, 0.25) is 0 Å². The van der Waals surface area contributed by atoms with Crippen LogP contribution >= 0.6 is 39.9 Å². The Morgan fingerprint density at radius 2 is 1.81 bits per heavy atom. The van der Waals surface area contributed by atoms with Crippen molar-refractivity contribution in [2.75, 3.05) is 52.9 Å². The van der Waals surface area contributed by atoms with Gasteiger partial charge in [0.25, 0.3) is 0 Å². The van der Waals surface area contributed by atoms with Crippen LogP contribution < -0.4 is 5.32 Å². The molecular formula is C20H35BrIN5. The summed E-state index contributed by atoms with van der Waals surface area (Å²) in [6.07, 6.45) is 0. The molecule has 27 heavy (non-hydrogen) atoms. The molecule has 1 aliphatic rings. The predicted octanol–water partition coefficient (Wildman–Crippen LogP) is 3.49. The summed E-state index contributed by atoms with van der Waals surface area (Å²) in [4.78, 5) is 12.2. The number of likely N-dealkylation sites (N-methyl/N-ethyl adjacent to an activating group) is 1. The molecule has 0 spiro atoms. The maximum Gasteiger partial charge on any atom is 0.194 e. The monoisotopic (exact) mass is 551 g/mol. The minimum absolute atomic E-state index is 0. The zero-order valence-corrected chi connectivity index (χ0v) is 21.0. The number of nitrogens with zero attached hydrogens (tertiary/aromatic N) is 4. The van der Waals surface area contributed by atoms with Crippen molar-refractivity contribution in [3.63, 3.8) is 0 Å². The third kappa shape index (κ3) is 8.25. The summed E-state index contributed by atoms with van der Waals surface area (Å²) in [5.41, 5.74) is 1.28. The number of hydrogen-bond acceptors (Lipinski definition) is 3. The lowest BCUT2D eigenvalue weighted by atomic mass is 10.2. The maximum absolute atomic E-state index is 4.91. The van der Waals surface area contributed by atoms with E-state index in [4.69, 9.17) is 4.99 Å². The molecule has 1 unspecified atom stereocenters. The number of piperazine rings is 1. The Kier molecular flexibility index (Phi) is 11.8. The molecule has 1 aliphatic heterocycles. The van der Waals surface area contributed by atoms with Gasteiger partial charge in [0.15, 0.2) is 5.96 Å². The number of hydrogen-bond donors (Lipinski definition) is 1. The minimum Gasteiger partial charge on any atom is -0.357 e. The molecule has 1 N–H and O–H groups in total. The minimum atomic E-state index is 0. The van der Waals surface area contributed by atoms with Gasteiger partial charge in [-0.2, -0.15) is 0 Å². The normalized spacial score (nSPS) is 17.3. The number of guanidine groups is 1. The predicted molar refractivity (Wildman–Crippen MR) is 130 cm³/mol. The van der Waals surface area contributed by atoms with Gasteiger partial charge < -0.3 is 15.1 Å². The smallest absolute Gasteiger partial charge is 0.194 e. The molecule has 7 heteroatoms. The second-order valence-corrected chi connectivity index (χ2v) is 7.91. The van der Waals surface area contributed by atoms with Crippen LogP contribution in [0.1, 0.15) is 26.3 Å². The molecule has 1 fully saturated rings. The molecule has 0 radical (unpaired) electrons. The van der Waals surface area contributed by atoms with Crippen LogP contribution in [0, 0.1) is 0 Å². The third-order valence-electron chi connectivity index (χ3n) is 5.01. The molecule has 0 amide bonds. The molecule has 1 aromatic rings. The zero-order chi connectivity index (χ0) is 18.9. The van der Waals surface area contributed by atoms with Crippen LogP contribution in [0.15, 0.2) is 33.7 Å². The van der Waals surface area contributed by atoms with Crippen molar-refractivity contribution in [3.05, 3.63) is 34.3 Å². The standard InChI is InChI=1S/C20H34BrN5.HI/c1-5-22-20(24(4)16-18-7-9-19(21)10-8-18)23-15-17(3)26-13-11-25(6-2)12-14-26;/h7-10,17H,5-6,11-16H2,1-4H3,(H,22,23);1H. The number of nitrogens with one attached hydrogen (secondary N) is 1. The molecule has 1 heterocycles. The third-order valence-corrected chi connectivity index (χ3v) is 5.54. The Bertz CT molecular complexity index is 558. The van der Waals surface area contributed by atoms with E-state index in [1.165, 1.54) is 18.7 Å². The zero-order valence-electron chi connectivity index (χ0n) is 17.1. The Morgan fingerprint density at radius 3 is 2.37 bits per heavy atom. The first-order chi connectivity index (χ1) is 12.5. The molecule has 0 bridgehead atoms. The van der Waals surface area contributed by atoms with E-state index in [-0.39, 0.29) is 24.0 Å². The van der Waals surface area contributed by atoms with Gasteiger partial charge in [-0.25, -0.2) is 0 Å². The number of aliphatic imine (C=N–C) groups is 1. The van der Waals surface area contributed by atoms with Crippen LogP contribution in [-0.4, -0.2) is 79.6 Å². The molecule has 1 atom stereocenters. The molecular weight excluding hydrogens is 517 g/mol. The lowest BCUT2D eigenvalue weighted by Crippen LogP contribution is -2.50. The van der Waals surface area contributed by atoms with E-state index in [0.29, 0.717) is 6.04 Å². The van der Waals surface area contributed by atoms with Crippen molar-refractivity contribution >= 4 is 45.9 Å². The van der Waals surface area contributed by atoms with Crippen LogP contribution in [0.2, 0.25) is 0 Å². The number of halogens is 2. The Balaban J connectivity index is 0.00000364. The topological polar surface area (TPSA) is 34.1 Å². The number of rotatable bonds is 7. The van der Waals surface area contributed by atoms with Crippen molar-refractivity contribution in [3.8, 4) is 0 Å². The van der Waals surface area contributed by atoms with Gasteiger partial charge in [-0.1, -0.05) is 35.0 Å². The highest BCUT2D eigenvalue weighted by molar-refractivity contribution is 14.0. The summed E-state index contributed by atoms with van der Waals surface area (Å²) in [5, 5.41) is 3.43. The van der Waals surface area contributed by atoms with Crippen LogP contribution in [0.4, 0.5) is 0 Å². The SMILES string of the molecule is CCNC(=NCC(C)N1CCN(CC)CC1)N(C)Cc1ccc(Br)cc1.I. The van der Waals surface area contributed by atoms with Crippen molar-refractivity contribution in [1.29, 1.82) is 0 Å². The van der Waals surface area contributed by atoms with E-state index in [0.717, 1.165) is 49.7 Å². The summed E-state index contributed by atoms with van der Waals surface area (Å²) < 4.78 is 1.11. The molecule has 5 nitrogen and oxygen atoms in total. The summed E-state index contributed by atoms with van der Waals surface area (Å²) >= 11 is 3.49. The Labute approximate surface area is 190 Å². The van der Waals surface area contributed by atoms with Crippen LogP contribution in [0.3, 0.4) is 0 Å². The van der Waals surface area contributed by atoms with Gasteiger partial charge in [-0.15, -0.1) is 24.0 Å². The van der Waals surface area contributed by atoms with E-state index >= 15 is 0 Å². The largest absolute Gasteiger partial charge is 0.357 e. The second kappa shape index (κ2) is 13.0. The Morgan fingerprint density at radius 1 is 1.19 bits per heavy atom. The van der Waals surface area contributed by atoms with E-state index in [1.807, 2.05) is 0 Å². The lowest BCUT2D eigenvalue weighted by Gasteiger charge is -2.37. The van der Waals surface area contributed by atoms with Crippen molar-refractivity contribution in [1.82, 2.24) is 20.0 Å². The molecule has 154 valence electrons. The Hall–Kier alpha value is -0.380. The lowest BCUT2D eigenvalue weighted by molar-refractivity contribution is 0.109. The van der Waals surface area contributed by atoms with Crippen molar-refractivity contribution < 1.29 is 0 Å². The maximum atomic E-state index is 4.91. The van der Waals surface area contributed by atoms with Crippen LogP contribution in [0.25, 0.3) is 0 Å².